The standard InChI is InChI=1S/C16H14ClN3O3S2/c1-23-14-7-4-11(17)8-15(14)25(21,22)20-16-19-13(9-24-16)10-2-5-12(18)6-3-10/h2-9H,18H2,1H3,(H,19,20). The second-order valence-corrected chi connectivity index (χ2v) is 8.01. The second-order valence-electron chi connectivity index (χ2n) is 5.06. The number of sulfonamides is 1. The van der Waals surface area contributed by atoms with Crippen LogP contribution in [-0.2, 0) is 10.0 Å². The SMILES string of the molecule is COc1ccc(Cl)cc1S(=O)(=O)Nc1nc(-c2ccc(N)cc2)cs1. The number of hydrogen-bond acceptors (Lipinski definition) is 6. The number of nitrogens with one attached hydrogen (secondary N) is 1. The molecule has 0 aliphatic carbocycles. The molecule has 130 valence electrons. The lowest BCUT2D eigenvalue weighted by Crippen LogP contribution is -2.14. The maximum Gasteiger partial charge on any atom is 0.267 e. The van der Waals surface area contributed by atoms with Gasteiger partial charge in [-0.1, -0.05) is 23.7 Å². The molecule has 0 bridgehead atoms. The third-order valence-corrected chi connectivity index (χ3v) is 5.83. The van der Waals surface area contributed by atoms with E-state index in [-0.39, 0.29) is 15.8 Å². The van der Waals surface area contributed by atoms with Crippen LogP contribution in [0.1, 0.15) is 0 Å². The number of nitrogens with two attached hydrogens (primary N) is 1. The molecular formula is C16H14ClN3O3S2. The van der Waals surface area contributed by atoms with Gasteiger partial charge in [-0.2, -0.15) is 0 Å². The van der Waals surface area contributed by atoms with Crippen LogP contribution in [-0.4, -0.2) is 20.5 Å². The highest BCUT2D eigenvalue weighted by molar-refractivity contribution is 7.93. The van der Waals surface area contributed by atoms with E-state index in [1.54, 1.807) is 23.6 Å². The molecule has 6 nitrogen and oxygen atoms in total. The first-order valence-corrected chi connectivity index (χ1v) is 9.81. The van der Waals surface area contributed by atoms with E-state index in [9.17, 15) is 8.42 Å². The molecule has 0 aliphatic heterocycles. The zero-order valence-corrected chi connectivity index (χ0v) is 15.5. The van der Waals surface area contributed by atoms with E-state index in [0.29, 0.717) is 16.4 Å². The molecule has 2 aromatic carbocycles. The van der Waals surface area contributed by atoms with E-state index < -0.39 is 10.0 Å². The lowest BCUT2D eigenvalue weighted by atomic mass is 10.2. The molecule has 0 saturated heterocycles. The second kappa shape index (κ2) is 6.91. The number of methoxy groups -OCH3 is 1. The van der Waals surface area contributed by atoms with Crippen molar-refractivity contribution in [2.45, 2.75) is 4.90 Å². The highest BCUT2D eigenvalue weighted by Crippen LogP contribution is 2.31. The minimum atomic E-state index is -3.89. The Bertz CT molecular complexity index is 1000. The summed E-state index contributed by atoms with van der Waals surface area (Å²) in [5.74, 6) is 0.201. The van der Waals surface area contributed by atoms with Gasteiger partial charge in [-0.3, -0.25) is 4.72 Å². The van der Waals surface area contributed by atoms with Gasteiger partial charge < -0.3 is 10.5 Å². The number of nitrogen functional groups attached to an aromatic ring is 1. The minimum absolute atomic E-state index is 0.0493. The van der Waals surface area contributed by atoms with Crippen LogP contribution in [0.25, 0.3) is 11.3 Å². The molecule has 0 radical (unpaired) electrons. The van der Waals surface area contributed by atoms with Gasteiger partial charge in [0.15, 0.2) is 5.13 Å². The number of anilines is 2. The van der Waals surface area contributed by atoms with E-state index in [1.165, 1.54) is 30.6 Å². The van der Waals surface area contributed by atoms with Crippen molar-refractivity contribution < 1.29 is 13.2 Å². The van der Waals surface area contributed by atoms with Crippen molar-refractivity contribution in [3.8, 4) is 17.0 Å². The van der Waals surface area contributed by atoms with Gasteiger partial charge in [0.25, 0.3) is 10.0 Å². The Morgan fingerprint density at radius 1 is 1.20 bits per heavy atom. The molecule has 1 aromatic heterocycles. The van der Waals surface area contributed by atoms with Crippen molar-refractivity contribution in [2.24, 2.45) is 0 Å². The molecule has 25 heavy (non-hydrogen) atoms. The summed E-state index contributed by atoms with van der Waals surface area (Å²) >= 11 is 7.09. The normalized spacial score (nSPS) is 11.3. The number of halogens is 1. The minimum Gasteiger partial charge on any atom is -0.495 e. The van der Waals surface area contributed by atoms with E-state index in [2.05, 4.69) is 9.71 Å². The Kier molecular flexibility index (Phi) is 4.85. The zero-order chi connectivity index (χ0) is 18.0. The summed E-state index contributed by atoms with van der Waals surface area (Å²) in [6.45, 7) is 0. The van der Waals surface area contributed by atoms with Crippen LogP contribution in [0.15, 0.2) is 52.7 Å². The summed E-state index contributed by atoms with van der Waals surface area (Å²) in [6, 6.07) is 11.5. The van der Waals surface area contributed by atoms with Gasteiger partial charge in [0.2, 0.25) is 0 Å². The van der Waals surface area contributed by atoms with Crippen LogP contribution in [0.4, 0.5) is 10.8 Å². The van der Waals surface area contributed by atoms with Gasteiger partial charge in [-0.05, 0) is 30.3 Å². The van der Waals surface area contributed by atoms with Crippen molar-refractivity contribution in [2.75, 3.05) is 17.6 Å². The van der Waals surface area contributed by atoms with Gasteiger partial charge in [0.1, 0.15) is 10.6 Å². The molecule has 0 spiro atoms. The summed E-state index contributed by atoms with van der Waals surface area (Å²) in [5, 5.41) is 2.30. The maximum atomic E-state index is 12.6. The Morgan fingerprint density at radius 3 is 2.60 bits per heavy atom. The van der Waals surface area contributed by atoms with Gasteiger partial charge in [-0.15, -0.1) is 11.3 Å². The summed E-state index contributed by atoms with van der Waals surface area (Å²) in [4.78, 5) is 4.26. The quantitative estimate of drug-likeness (QED) is 0.640. The molecule has 0 unspecified atom stereocenters. The predicted molar refractivity (Wildman–Crippen MR) is 101 cm³/mol. The number of benzene rings is 2. The number of ether oxygens (including phenoxy) is 1. The van der Waals surface area contributed by atoms with Crippen LogP contribution in [0.5, 0.6) is 5.75 Å². The van der Waals surface area contributed by atoms with E-state index in [4.69, 9.17) is 22.1 Å². The number of aromatic nitrogens is 1. The lowest BCUT2D eigenvalue weighted by Gasteiger charge is -2.10. The molecule has 0 saturated carbocycles. The largest absolute Gasteiger partial charge is 0.495 e. The van der Waals surface area contributed by atoms with Gasteiger partial charge in [0.05, 0.1) is 12.8 Å². The third kappa shape index (κ3) is 3.87. The fourth-order valence-electron chi connectivity index (χ4n) is 2.14. The predicted octanol–water partition coefficient (Wildman–Crippen LogP) is 3.86. The molecule has 3 aromatic rings. The van der Waals surface area contributed by atoms with Crippen LogP contribution in [0.2, 0.25) is 5.02 Å². The van der Waals surface area contributed by atoms with Crippen molar-refractivity contribution in [3.63, 3.8) is 0 Å². The summed E-state index contributed by atoms with van der Waals surface area (Å²) in [6.07, 6.45) is 0. The highest BCUT2D eigenvalue weighted by Gasteiger charge is 2.21. The molecule has 0 atom stereocenters. The first-order chi connectivity index (χ1) is 11.9. The third-order valence-electron chi connectivity index (χ3n) is 3.35. The molecular weight excluding hydrogens is 382 g/mol. The van der Waals surface area contributed by atoms with Gasteiger partial charge >= 0.3 is 0 Å². The lowest BCUT2D eigenvalue weighted by molar-refractivity contribution is 0.403. The smallest absolute Gasteiger partial charge is 0.267 e. The molecule has 9 heteroatoms. The van der Waals surface area contributed by atoms with Gasteiger partial charge in [-0.25, -0.2) is 13.4 Å². The molecule has 3 rings (SSSR count). The fourth-order valence-corrected chi connectivity index (χ4v) is 4.54. The Balaban J connectivity index is 1.90. The average Bonchev–Trinajstić information content (AvgIpc) is 3.03. The monoisotopic (exact) mass is 395 g/mol. The molecule has 1 heterocycles. The zero-order valence-electron chi connectivity index (χ0n) is 13.1. The first-order valence-electron chi connectivity index (χ1n) is 7.07. The number of thiazole rings is 1. The highest BCUT2D eigenvalue weighted by atomic mass is 35.5. The van der Waals surface area contributed by atoms with Crippen LogP contribution in [0.3, 0.4) is 0 Å². The van der Waals surface area contributed by atoms with E-state index in [0.717, 1.165) is 5.56 Å². The average molecular weight is 396 g/mol. The van der Waals surface area contributed by atoms with Crippen LogP contribution in [0, 0.1) is 0 Å². The van der Waals surface area contributed by atoms with Crippen molar-refractivity contribution in [1.82, 2.24) is 4.98 Å². The summed E-state index contributed by atoms with van der Waals surface area (Å²) in [5.41, 5.74) is 7.81. The summed E-state index contributed by atoms with van der Waals surface area (Å²) in [7, 11) is -2.49. The van der Waals surface area contributed by atoms with Crippen molar-refractivity contribution in [3.05, 3.63) is 52.9 Å². The van der Waals surface area contributed by atoms with Crippen molar-refractivity contribution in [1.29, 1.82) is 0 Å². The molecule has 0 aliphatic rings. The Hall–Kier alpha value is -2.29. The maximum absolute atomic E-state index is 12.6. The number of nitrogens with zero attached hydrogens (tertiary/aromatic N) is 1. The van der Waals surface area contributed by atoms with Crippen LogP contribution < -0.4 is 15.2 Å². The van der Waals surface area contributed by atoms with Crippen molar-refractivity contribution >= 4 is 43.8 Å². The first kappa shape index (κ1) is 17.5. The van der Waals surface area contributed by atoms with E-state index >= 15 is 0 Å². The Labute approximate surface area is 154 Å². The van der Waals surface area contributed by atoms with Gasteiger partial charge in [0, 0.05) is 21.7 Å². The number of hydrogen-bond donors (Lipinski definition) is 2. The fraction of sp³-hybridized carbons (Fsp3) is 0.0625. The molecule has 0 fully saturated rings. The molecule has 3 N–H and O–H groups in total. The Morgan fingerprint density at radius 2 is 1.92 bits per heavy atom. The number of rotatable bonds is 5. The molecule has 0 amide bonds. The summed E-state index contributed by atoms with van der Waals surface area (Å²) < 4.78 is 32.8. The van der Waals surface area contributed by atoms with E-state index in [1.807, 2.05) is 12.1 Å². The van der Waals surface area contributed by atoms with Crippen LogP contribution >= 0.6 is 22.9 Å². The topological polar surface area (TPSA) is 94.3 Å².